The lowest BCUT2D eigenvalue weighted by molar-refractivity contribution is 0.818. The predicted octanol–water partition coefficient (Wildman–Crippen LogP) is 4.20. The molecule has 0 aliphatic heterocycles. The minimum absolute atomic E-state index is 0.102. The standard InChI is InChI=1S/C12H12BrNS/c1-8(14)9-2-4-10(5-3-9)11-6-15-7-12(11)13/h2-8H,14H2,1H3. The molecule has 2 aromatic rings. The van der Waals surface area contributed by atoms with Gasteiger partial charge in [-0.05, 0) is 39.4 Å². The van der Waals surface area contributed by atoms with Gasteiger partial charge in [-0.2, -0.15) is 11.3 Å². The number of nitrogens with two attached hydrogens (primary N) is 1. The molecule has 0 radical (unpaired) electrons. The molecule has 3 heteroatoms. The van der Waals surface area contributed by atoms with Crippen LogP contribution in [0.2, 0.25) is 0 Å². The lowest BCUT2D eigenvalue weighted by Crippen LogP contribution is -2.04. The van der Waals surface area contributed by atoms with E-state index in [-0.39, 0.29) is 6.04 Å². The fraction of sp³-hybridized carbons (Fsp3) is 0.167. The molecule has 1 heterocycles. The summed E-state index contributed by atoms with van der Waals surface area (Å²) in [5.41, 5.74) is 9.45. The van der Waals surface area contributed by atoms with E-state index in [2.05, 4.69) is 51.0 Å². The van der Waals surface area contributed by atoms with Crippen LogP contribution < -0.4 is 5.73 Å². The Hall–Kier alpha value is -0.640. The zero-order valence-electron chi connectivity index (χ0n) is 8.41. The first-order valence-corrected chi connectivity index (χ1v) is 6.49. The van der Waals surface area contributed by atoms with Crippen LogP contribution in [0.15, 0.2) is 39.5 Å². The molecule has 0 spiro atoms. The predicted molar refractivity (Wildman–Crippen MR) is 70.1 cm³/mol. The molecule has 1 nitrogen and oxygen atoms in total. The Labute approximate surface area is 102 Å². The van der Waals surface area contributed by atoms with Crippen LogP contribution in [0.5, 0.6) is 0 Å². The van der Waals surface area contributed by atoms with Gasteiger partial charge in [0.2, 0.25) is 0 Å². The summed E-state index contributed by atoms with van der Waals surface area (Å²) in [4.78, 5) is 0. The maximum absolute atomic E-state index is 5.81. The summed E-state index contributed by atoms with van der Waals surface area (Å²) in [5, 5.41) is 4.24. The Morgan fingerprint density at radius 3 is 2.33 bits per heavy atom. The van der Waals surface area contributed by atoms with Crippen LogP contribution in [0.3, 0.4) is 0 Å². The monoisotopic (exact) mass is 281 g/mol. The highest BCUT2D eigenvalue weighted by Crippen LogP contribution is 2.31. The van der Waals surface area contributed by atoms with E-state index in [4.69, 9.17) is 5.73 Å². The van der Waals surface area contributed by atoms with Crippen molar-refractivity contribution in [3.63, 3.8) is 0 Å². The summed E-state index contributed by atoms with van der Waals surface area (Å²) in [6.07, 6.45) is 0. The van der Waals surface area contributed by atoms with Gasteiger partial charge in [-0.15, -0.1) is 0 Å². The van der Waals surface area contributed by atoms with Crippen molar-refractivity contribution in [2.24, 2.45) is 5.73 Å². The van der Waals surface area contributed by atoms with Gasteiger partial charge in [0.25, 0.3) is 0 Å². The molecule has 1 aromatic heterocycles. The van der Waals surface area contributed by atoms with E-state index in [9.17, 15) is 0 Å². The third-order valence-electron chi connectivity index (χ3n) is 2.36. The Bertz CT molecular complexity index is 445. The first kappa shape index (κ1) is 10.9. The molecule has 0 bridgehead atoms. The van der Waals surface area contributed by atoms with E-state index in [1.165, 1.54) is 16.7 Å². The van der Waals surface area contributed by atoms with Gasteiger partial charge in [0, 0.05) is 21.5 Å². The molecule has 0 amide bonds. The number of hydrogen-bond acceptors (Lipinski definition) is 2. The first-order valence-electron chi connectivity index (χ1n) is 4.76. The second kappa shape index (κ2) is 4.47. The molecule has 78 valence electrons. The maximum atomic E-state index is 5.81. The third-order valence-corrected chi connectivity index (χ3v) is 4.06. The largest absolute Gasteiger partial charge is 0.324 e. The Morgan fingerprint density at radius 2 is 1.87 bits per heavy atom. The SMILES string of the molecule is CC(N)c1ccc(-c2cscc2Br)cc1. The van der Waals surface area contributed by atoms with Crippen molar-refractivity contribution in [1.29, 1.82) is 0 Å². The molecule has 1 unspecified atom stereocenters. The second-order valence-electron chi connectivity index (χ2n) is 3.54. The Morgan fingerprint density at radius 1 is 1.20 bits per heavy atom. The van der Waals surface area contributed by atoms with Crippen LogP contribution >= 0.6 is 27.3 Å². The molecule has 1 aromatic carbocycles. The fourth-order valence-electron chi connectivity index (χ4n) is 1.45. The van der Waals surface area contributed by atoms with Crippen molar-refractivity contribution in [2.45, 2.75) is 13.0 Å². The third kappa shape index (κ3) is 2.30. The Kier molecular flexibility index (Phi) is 3.24. The summed E-state index contributed by atoms with van der Waals surface area (Å²) in [6, 6.07) is 8.51. The highest BCUT2D eigenvalue weighted by Gasteiger charge is 2.04. The first-order chi connectivity index (χ1) is 7.18. The van der Waals surface area contributed by atoms with Gasteiger partial charge < -0.3 is 5.73 Å². The summed E-state index contributed by atoms with van der Waals surface area (Å²) >= 11 is 5.24. The molecular weight excluding hydrogens is 270 g/mol. The number of rotatable bonds is 2. The van der Waals surface area contributed by atoms with Gasteiger partial charge in [-0.1, -0.05) is 24.3 Å². The van der Waals surface area contributed by atoms with Crippen molar-refractivity contribution >= 4 is 27.3 Å². The minimum Gasteiger partial charge on any atom is -0.324 e. The van der Waals surface area contributed by atoms with Crippen molar-refractivity contribution in [3.8, 4) is 11.1 Å². The van der Waals surface area contributed by atoms with Gasteiger partial charge in [0.1, 0.15) is 0 Å². The van der Waals surface area contributed by atoms with Crippen LogP contribution in [0.4, 0.5) is 0 Å². The number of halogens is 1. The summed E-state index contributed by atoms with van der Waals surface area (Å²) in [6.45, 7) is 2.00. The molecule has 0 saturated carbocycles. The van der Waals surface area contributed by atoms with E-state index in [0.29, 0.717) is 0 Å². The molecule has 0 fully saturated rings. The molecule has 2 rings (SSSR count). The summed E-state index contributed by atoms with van der Waals surface area (Å²) in [5.74, 6) is 0. The minimum atomic E-state index is 0.102. The van der Waals surface area contributed by atoms with Crippen molar-refractivity contribution in [3.05, 3.63) is 45.1 Å². The Balaban J connectivity index is 2.36. The van der Waals surface area contributed by atoms with E-state index >= 15 is 0 Å². The number of thiophene rings is 1. The van der Waals surface area contributed by atoms with E-state index < -0.39 is 0 Å². The zero-order valence-corrected chi connectivity index (χ0v) is 10.8. The van der Waals surface area contributed by atoms with E-state index in [1.807, 2.05) is 6.92 Å². The quantitative estimate of drug-likeness (QED) is 0.877. The molecule has 0 saturated heterocycles. The molecule has 0 aliphatic carbocycles. The molecule has 1 atom stereocenters. The maximum Gasteiger partial charge on any atom is 0.0360 e. The summed E-state index contributed by atoms with van der Waals surface area (Å²) in [7, 11) is 0. The summed E-state index contributed by atoms with van der Waals surface area (Å²) < 4.78 is 1.15. The molecule has 0 aliphatic rings. The van der Waals surface area contributed by atoms with Crippen molar-refractivity contribution in [1.82, 2.24) is 0 Å². The second-order valence-corrected chi connectivity index (χ2v) is 5.14. The average molecular weight is 282 g/mol. The number of benzene rings is 1. The average Bonchev–Trinajstić information content (AvgIpc) is 2.65. The van der Waals surface area contributed by atoms with Gasteiger partial charge in [0.05, 0.1) is 0 Å². The van der Waals surface area contributed by atoms with Gasteiger partial charge in [-0.3, -0.25) is 0 Å². The highest BCUT2D eigenvalue weighted by atomic mass is 79.9. The van der Waals surface area contributed by atoms with Crippen molar-refractivity contribution < 1.29 is 0 Å². The molecule has 15 heavy (non-hydrogen) atoms. The van der Waals surface area contributed by atoms with Crippen LogP contribution in [0.25, 0.3) is 11.1 Å². The van der Waals surface area contributed by atoms with Gasteiger partial charge in [0.15, 0.2) is 0 Å². The van der Waals surface area contributed by atoms with Crippen LogP contribution in [-0.2, 0) is 0 Å². The fourth-order valence-corrected chi connectivity index (χ4v) is 2.99. The van der Waals surface area contributed by atoms with Gasteiger partial charge >= 0.3 is 0 Å². The van der Waals surface area contributed by atoms with Crippen LogP contribution in [0, 0.1) is 0 Å². The molecular formula is C12H12BrNS. The van der Waals surface area contributed by atoms with E-state index in [0.717, 1.165) is 4.47 Å². The topological polar surface area (TPSA) is 26.0 Å². The zero-order chi connectivity index (χ0) is 10.8. The van der Waals surface area contributed by atoms with E-state index in [1.54, 1.807) is 11.3 Å². The van der Waals surface area contributed by atoms with Crippen LogP contribution in [-0.4, -0.2) is 0 Å². The lowest BCUT2D eigenvalue weighted by Gasteiger charge is -2.06. The highest BCUT2D eigenvalue weighted by molar-refractivity contribution is 9.10. The van der Waals surface area contributed by atoms with Crippen LogP contribution in [0.1, 0.15) is 18.5 Å². The smallest absolute Gasteiger partial charge is 0.0360 e. The van der Waals surface area contributed by atoms with Gasteiger partial charge in [-0.25, -0.2) is 0 Å². The lowest BCUT2D eigenvalue weighted by atomic mass is 10.0. The normalized spacial score (nSPS) is 12.7. The number of hydrogen-bond donors (Lipinski definition) is 1. The molecule has 2 N–H and O–H groups in total. The van der Waals surface area contributed by atoms with Crippen molar-refractivity contribution in [2.75, 3.05) is 0 Å².